The zero-order valence-corrected chi connectivity index (χ0v) is 13.6. The monoisotopic (exact) mass is 328 g/mol. The van der Waals surface area contributed by atoms with Crippen LogP contribution in [0.3, 0.4) is 0 Å². The fraction of sp³-hybridized carbons (Fsp3) is 0.333. The molecule has 126 valence electrons. The van der Waals surface area contributed by atoms with E-state index in [2.05, 4.69) is 6.92 Å². The van der Waals surface area contributed by atoms with Gasteiger partial charge in [0.25, 0.3) is 11.8 Å². The minimum Gasteiger partial charge on any atom is -0.491 e. The van der Waals surface area contributed by atoms with Crippen LogP contribution in [0.25, 0.3) is 10.8 Å². The quantitative estimate of drug-likeness (QED) is 0.365. The highest BCUT2D eigenvalue weighted by atomic mass is 16.5. The lowest BCUT2D eigenvalue weighted by atomic mass is 9.94. The molecule has 3 rings (SSSR count). The molecule has 2 aromatic carbocycles. The average Bonchev–Trinajstić information content (AvgIpc) is 2.60. The summed E-state index contributed by atoms with van der Waals surface area (Å²) in [6.45, 7) is 3.71. The maximum absolute atomic E-state index is 12.3. The standard InChI is InChI=1S/C18H20N2O4/c1-2-3-7-23-8-9-24-13-10-12-5-4-6-14-16(12)15(11-13)18(22)20(19)17(14)21/h4-6,10-11H,2-3,7-9,19H2,1H3. The third-order valence-corrected chi connectivity index (χ3v) is 3.99. The fourth-order valence-electron chi connectivity index (χ4n) is 2.75. The molecule has 0 radical (unpaired) electrons. The van der Waals surface area contributed by atoms with Crippen LogP contribution in [0.2, 0.25) is 0 Å². The van der Waals surface area contributed by atoms with Crippen molar-refractivity contribution in [2.24, 2.45) is 5.84 Å². The molecule has 2 amide bonds. The van der Waals surface area contributed by atoms with E-state index in [-0.39, 0.29) is 0 Å². The predicted molar refractivity (Wildman–Crippen MR) is 89.9 cm³/mol. The highest BCUT2D eigenvalue weighted by Gasteiger charge is 2.31. The Morgan fingerprint density at radius 2 is 1.83 bits per heavy atom. The van der Waals surface area contributed by atoms with Crippen molar-refractivity contribution < 1.29 is 19.1 Å². The number of nitrogens with two attached hydrogens (primary N) is 1. The molecule has 0 bridgehead atoms. The first-order valence-corrected chi connectivity index (χ1v) is 8.04. The van der Waals surface area contributed by atoms with Gasteiger partial charge in [-0.3, -0.25) is 9.59 Å². The first kappa shape index (κ1) is 16.4. The zero-order chi connectivity index (χ0) is 17.1. The third-order valence-electron chi connectivity index (χ3n) is 3.99. The van der Waals surface area contributed by atoms with Crippen molar-refractivity contribution in [3.05, 3.63) is 41.5 Å². The largest absolute Gasteiger partial charge is 0.491 e. The number of unbranched alkanes of at least 4 members (excludes halogenated alkanes) is 1. The van der Waals surface area contributed by atoms with Crippen molar-refractivity contribution in [3.8, 4) is 5.75 Å². The maximum atomic E-state index is 12.3. The van der Waals surface area contributed by atoms with Gasteiger partial charge in [0.15, 0.2) is 0 Å². The van der Waals surface area contributed by atoms with Crippen LogP contribution in [0, 0.1) is 0 Å². The van der Waals surface area contributed by atoms with Crippen LogP contribution in [0.1, 0.15) is 40.5 Å². The second-order valence-electron chi connectivity index (χ2n) is 5.67. The third kappa shape index (κ3) is 2.98. The molecule has 24 heavy (non-hydrogen) atoms. The predicted octanol–water partition coefficient (Wildman–Crippen LogP) is 2.50. The molecule has 2 aromatic rings. The van der Waals surface area contributed by atoms with Gasteiger partial charge in [-0.1, -0.05) is 25.5 Å². The van der Waals surface area contributed by atoms with Crippen LogP contribution < -0.4 is 10.6 Å². The van der Waals surface area contributed by atoms with Gasteiger partial charge in [-0.15, -0.1) is 0 Å². The van der Waals surface area contributed by atoms with Gasteiger partial charge in [-0.25, -0.2) is 10.9 Å². The van der Waals surface area contributed by atoms with Crippen LogP contribution >= 0.6 is 0 Å². The van der Waals surface area contributed by atoms with Gasteiger partial charge >= 0.3 is 0 Å². The van der Waals surface area contributed by atoms with E-state index in [1.54, 1.807) is 18.2 Å². The second-order valence-corrected chi connectivity index (χ2v) is 5.67. The lowest BCUT2D eigenvalue weighted by Gasteiger charge is -2.23. The molecule has 0 saturated carbocycles. The van der Waals surface area contributed by atoms with E-state index in [0.717, 1.165) is 24.8 Å². The molecule has 6 heteroatoms. The van der Waals surface area contributed by atoms with E-state index in [0.29, 0.717) is 40.5 Å². The van der Waals surface area contributed by atoms with Crippen LogP contribution in [-0.2, 0) is 4.74 Å². The van der Waals surface area contributed by atoms with E-state index in [1.807, 2.05) is 12.1 Å². The highest BCUT2D eigenvalue weighted by Crippen LogP contribution is 2.32. The Morgan fingerprint density at radius 3 is 2.62 bits per heavy atom. The van der Waals surface area contributed by atoms with E-state index >= 15 is 0 Å². The van der Waals surface area contributed by atoms with Crippen molar-refractivity contribution in [2.45, 2.75) is 19.8 Å². The van der Waals surface area contributed by atoms with Crippen molar-refractivity contribution in [2.75, 3.05) is 19.8 Å². The molecule has 0 atom stereocenters. The van der Waals surface area contributed by atoms with Crippen LogP contribution in [0.4, 0.5) is 0 Å². The van der Waals surface area contributed by atoms with E-state index in [4.69, 9.17) is 15.3 Å². The Balaban J connectivity index is 1.83. The average molecular weight is 328 g/mol. The van der Waals surface area contributed by atoms with Gasteiger partial charge in [0.2, 0.25) is 0 Å². The van der Waals surface area contributed by atoms with Crippen molar-refractivity contribution >= 4 is 22.6 Å². The van der Waals surface area contributed by atoms with E-state index < -0.39 is 11.8 Å². The lowest BCUT2D eigenvalue weighted by Crippen LogP contribution is -2.45. The van der Waals surface area contributed by atoms with E-state index in [9.17, 15) is 9.59 Å². The molecule has 0 saturated heterocycles. The van der Waals surface area contributed by atoms with Crippen LogP contribution in [0.15, 0.2) is 30.3 Å². The number of rotatable bonds is 7. The summed E-state index contributed by atoms with van der Waals surface area (Å²) < 4.78 is 11.1. The summed E-state index contributed by atoms with van der Waals surface area (Å²) in [4.78, 5) is 24.4. The fourth-order valence-corrected chi connectivity index (χ4v) is 2.75. The number of carbonyl (C=O) groups is 2. The molecular formula is C18H20N2O4. The van der Waals surface area contributed by atoms with Gasteiger partial charge in [0, 0.05) is 12.0 Å². The van der Waals surface area contributed by atoms with Crippen molar-refractivity contribution in [3.63, 3.8) is 0 Å². The molecule has 6 nitrogen and oxygen atoms in total. The summed E-state index contributed by atoms with van der Waals surface area (Å²) in [6.07, 6.45) is 2.12. The Labute approximate surface area is 140 Å². The Hall–Kier alpha value is -2.44. The lowest BCUT2D eigenvalue weighted by molar-refractivity contribution is 0.0609. The van der Waals surface area contributed by atoms with Gasteiger partial charge in [0.05, 0.1) is 17.7 Å². The number of hydrazine groups is 1. The van der Waals surface area contributed by atoms with Crippen molar-refractivity contribution in [1.82, 2.24) is 5.01 Å². The topological polar surface area (TPSA) is 81.9 Å². The maximum Gasteiger partial charge on any atom is 0.275 e. The molecule has 1 heterocycles. The first-order valence-electron chi connectivity index (χ1n) is 8.04. The Morgan fingerprint density at radius 1 is 1.04 bits per heavy atom. The molecule has 1 aliphatic rings. The van der Waals surface area contributed by atoms with E-state index in [1.165, 1.54) is 0 Å². The number of ether oxygens (including phenoxy) is 2. The molecule has 0 aliphatic carbocycles. The molecule has 0 fully saturated rings. The van der Waals surface area contributed by atoms with Gasteiger partial charge < -0.3 is 9.47 Å². The number of benzene rings is 2. The minimum absolute atomic E-state index is 0.382. The second kappa shape index (κ2) is 6.98. The number of carbonyl (C=O) groups excluding carboxylic acids is 2. The summed E-state index contributed by atoms with van der Waals surface area (Å²) >= 11 is 0. The number of hydrogen-bond acceptors (Lipinski definition) is 5. The number of imide groups is 1. The molecule has 0 aromatic heterocycles. The Kier molecular flexibility index (Phi) is 4.78. The van der Waals surface area contributed by atoms with Gasteiger partial charge in [-0.05, 0) is 30.0 Å². The first-order chi connectivity index (χ1) is 11.6. The molecule has 0 spiro atoms. The summed E-state index contributed by atoms with van der Waals surface area (Å²) in [7, 11) is 0. The van der Waals surface area contributed by atoms with Crippen LogP contribution in [-0.4, -0.2) is 36.6 Å². The summed E-state index contributed by atoms with van der Waals surface area (Å²) in [6, 6.07) is 8.73. The molecule has 1 aliphatic heterocycles. The number of amides is 2. The van der Waals surface area contributed by atoms with Crippen LogP contribution in [0.5, 0.6) is 5.75 Å². The van der Waals surface area contributed by atoms with Gasteiger partial charge in [0.1, 0.15) is 12.4 Å². The Bertz CT molecular complexity index is 788. The SMILES string of the molecule is CCCCOCCOc1cc2c3c(cccc3c1)C(=O)N(N)C2=O. The summed E-state index contributed by atoms with van der Waals surface area (Å²) in [5.41, 5.74) is 0.811. The van der Waals surface area contributed by atoms with Crippen molar-refractivity contribution in [1.29, 1.82) is 0 Å². The highest BCUT2D eigenvalue weighted by molar-refractivity contribution is 6.25. The number of hydrogen-bond donors (Lipinski definition) is 1. The molecular weight excluding hydrogens is 308 g/mol. The molecule has 0 unspecified atom stereocenters. The minimum atomic E-state index is -0.520. The zero-order valence-electron chi connectivity index (χ0n) is 13.6. The number of nitrogens with zero attached hydrogens (tertiary/aromatic N) is 1. The summed E-state index contributed by atoms with van der Waals surface area (Å²) in [5, 5.41) is 2.05. The van der Waals surface area contributed by atoms with Gasteiger partial charge in [-0.2, -0.15) is 0 Å². The smallest absolute Gasteiger partial charge is 0.275 e. The molecule has 2 N–H and O–H groups in total. The summed E-state index contributed by atoms with van der Waals surface area (Å²) in [5.74, 6) is 5.15. The normalized spacial score (nSPS) is 13.7.